The molecule has 0 saturated carbocycles. The van der Waals surface area contributed by atoms with Crippen LogP contribution in [0.5, 0.6) is 0 Å². The van der Waals surface area contributed by atoms with Crippen LogP contribution in [-0.4, -0.2) is 91.3 Å². The van der Waals surface area contributed by atoms with E-state index in [2.05, 4.69) is 4.74 Å². The monoisotopic (exact) mass is 684 g/mol. The maximum absolute atomic E-state index is 14.4. The van der Waals surface area contributed by atoms with Crippen LogP contribution in [-0.2, 0) is 9.53 Å². The maximum Gasteiger partial charge on any atom is 0.393 e. The van der Waals surface area contributed by atoms with E-state index < -0.39 is 93.3 Å². The van der Waals surface area contributed by atoms with Crippen molar-refractivity contribution in [3.05, 3.63) is 16.0 Å². The number of thiophene rings is 1. The summed E-state index contributed by atoms with van der Waals surface area (Å²) < 4.78 is 222. The number of alkyl halides is 16. The third-order valence-electron chi connectivity index (χ3n) is 5.40. The molecule has 1 aromatic rings. The van der Waals surface area contributed by atoms with E-state index in [1.165, 1.54) is 0 Å². The minimum atomic E-state index is -8.68. The van der Waals surface area contributed by atoms with Gasteiger partial charge in [-0.05, 0) is 19.4 Å². The van der Waals surface area contributed by atoms with Crippen LogP contribution in [0.15, 0.2) is 0 Å². The van der Waals surface area contributed by atoms with Gasteiger partial charge in [-0.15, -0.1) is 11.3 Å². The molecule has 0 aromatic carbocycles. The Balaban J connectivity index is 3.74. The average molecular weight is 684 g/mol. The zero-order valence-electron chi connectivity index (χ0n) is 21.3. The van der Waals surface area contributed by atoms with E-state index >= 15 is 0 Å². The zero-order valence-corrected chi connectivity index (χ0v) is 22.1. The molecule has 0 saturated heterocycles. The quantitative estimate of drug-likeness (QED) is 0.199. The summed E-state index contributed by atoms with van der Waals surface area (Å²) in [5.74, 6) is -63.6. The Kier molecular flexibility index (Phi) is 10.2. The highest BCUT2D eigenvalue weighted by Crippen LogP contribution is 2.62. The van der Waals surface area contributed by atoms with Crippen molar-refractivity contribution in [1.82, 2.24) is 4.90 Å². The Hall–Kier alpha value is -3.01. The normalized spacial score (nSPS) is 14.2. The number of halogens is 16. The zero-order chi connectivity index (χ0) is 34.5. The molecule has 0 atom stereocenters. The average Bonchev–Trinajstić information content (AvgIpc) is 3.17. The summed E-state index contributed by atoms with van der Waals surface area (Å²) in [4.78, 5) is 36.7. The van der Waals surface area contributed by atoms with Gasteiger partial charge in [-0.2, -0.15) is 61.5 Å². The van der Waals surface area contributed by atoms with Gasteiger partial charge in [0.1, 0.15) is 5.00 Å². The summed E-state index contributed by atoms with van der Waals surface area (Å²) in [6, 6.07) is 0. The number of hydrogen-bond donors (Lipinski definition) is 1. The van der Waals surface area contributed by atoms with Gasteiger partial charge in [0.05, 0.1) is 17.0 Å². The lowest BCUT2D eigenvalue weighted by atomic mass is 9.89. The fourth-order valence-electron chi connectivity index (χ4n) is 2.92. The van der Waals surface area contributed by atoms with Crippen LogP contribution in [0.1, 0.15) is 32.5 Å². The molecule has 0 aliphatic heterocycles. The van der Waals surface area contributed by atoms with Gasteiger partial charge in [-0.25, -0.2) is 13.6 Å². The molecule has 1 heterocycles. The molecular weight excluding hydrogens is 668 g/mol. The molecule has 23 heteroatoms. The van der Waals surface area contributed by atoms with Gasteiger partial charge in [0.25, 0.3) is 5.91 Å². The van der Waals surface area contributed by atoms with Crippen molar-refractivity contribution in [3.8, 4) is 0 Å². The highest BCUT2D eigenvalue weighted by Gasteiger charge is 2.94. The van der Waals surface area contributed by atoms with Gasteiger partial charge >= 0.3 is 59.8 Å². The number of carbonyl (C=O) groups excluding carboxylic acids is 3. The number of nitrogens with one attached hydrogen (secondary N) is 1. The number of anilines is 1. The van der Waals surface area contributed by atoms with Gasteiger partial charge in [-0.3, -0.25) is 9.59 Å². The Morgan fingerprint density at radius 3 is 1.60 bits per heavy atom. The van der Waals surface area contributed by atoms with Gasteiger partial charge in [0.15, 0.2) is 0 Å². The van der Waals surface area contributed by atoms with Crippen molar-refractivity contribution in [2.24, 2.45) is 0 Å². The molecule has 248 valence electrons. The second-order valence-corrected chi connectivity index (χ2v) is 9.53. The minimum absolute atomic E-state index is 0.154. The van der Waals surface area contributed by atoms with Crippen LogP contribution in [0.4, 0.5) is 75.2 Å². The van der Waals surface area contributed by atoms with E-state index in [1.54, 1.807) is 0 Å². The molecule has 0 fully saturated rings. The third-order valence-corrected chi connectivity index (χ3v) is 6.60. The van der Waals surface area contributed by atoms with Gasteiger partial charge < -0.3 is 15.0 Å². The van der Waals surface area contributed by atoms with Crippen LogP contribution < -0.4 is 5.32 Å². The number of carbonyl (C=O) groups is 3. The first-order valence-electron chi connectivity index (χ1n) is 10.7. The number of hydrogen-bond acceptors (Lipinski definition) is 5. The Labute approximate surface area is 232 Å². The van der Waals surface area contributed by atoms with Crippen LogP contribution in [0.25, 0.3) is 0 Å². The van der Waals surface area contributed by atoms with Crippen molar-refractivity contribution in [3.63, 3.8) is 0 Å². The standard InChI is InChI=1S/C20H16F16N2O4S/c1-5-42-11(40)7-6(2)8(10(39)38(3)4)43-9(7)37-13(41)15(25,26)17(29,30)19(33,34)20(35,36)18(31,32)16(27,28)14(23,24)12(21)22/h12H,5H2,1-4H3,(H,37,41). The molecule has 6 nitrogen and oxygen atoms in total. The molecule has 0 aliphatic carbocycles. The third kappa shape index (κ3) is 5.56. The summed E-state index contributed by atoms with van der Waals surface area (Å²) in [5, 5.41) is -0.615. The number of rotatable bonds is 12. The lowest BCUT2D eigenvalue weighted by molar-refractivity contribution is -0.443. The highest BCUT2D eigenvalue weighted by molar-refractivity contribution is 7.18. The summed E-state index contributed by atoms with van der Waals surface area (Å²) in [5.41, 5.74) is -1.53. The summed E-state index contributed by atoms with van der Waals surface area (Å²) >= 11 is -0.154. The molecule has 43 heavy (non-hydrogen) atoms. The molecule has 0 aliphatic rings. The molecule has 1 aromatic heterocycles. The van der Waals surface area contributed by atoms with Crippen molar-refractivity contribution in [1.29, 1.82) is 0 Å². The first-order chi connectivity index (χ1) is 18.9. The first kappa shape index (κ1) is 38.0. The fourth-order valence-corrected chi connectivity index (χ4v) is 4.13. The van der Waals surface area contributed by atoms with E-state index in [0.717, 1.165) is 38.2 Å². The number of amides is 2. The summed E-state index contributed by atoms with van der Waals surface area (Å²) in [6.07, 6.45) is -5.99. The molecular formula is C20H16F16N2O4S. The predicted molar refractivity (Wildman–Crippen MR) is 112 cm³/mol. The molecule has 0 spiro atoms. The smallest absolute Gasteiger partial charge is 0.393 e. The molecule has 0 radical (unpaired) electrons. The van der Waals surface area contributed by atoms with Crippen LogP contribution >= 0.6 is 11.3 Å². The minimum Gasteiger partial charge on any atom is -0.462 e. The topological polar surface area (TPSA) is 75.7 Å². The largest absolute Gasteiger partial charge is 0.462 e. The van der Waals surface area contributed by atoms with E-state index in [9.17, 15) is 84.6 Å². The van der Waals surface area contributed by atoms with E-state index in [1.807, 2.05) is 0 Å². The molecule has 1 N–H and O–H groups in total. The maximum atomic E-state index is 14.4. The Morgan fingerprint density at radius 1 is 0.791 bits per heavy atom. The molecule has 1 rings (SSSR count). The Morgan fingerprint density at radius 2 is 1.21 bits per heavy atom. The number of ether oxygens (including phenoxy) is 1. The lowest BCUT2D eigenvalue weighted by Crippen LogP contribution is -2.74. The van der Waals surface area contributed by atoms with Crippen LogP contribution in [0.2, 0.25) is 0 Å². The van der Waals surface area contributed by atoms with Crippen molar-refractivity contribution in [2.75, 3.05) is 26.0 Å². The number of nitrogens with zero attached hydrogens (tertiary/aromatic N) is 1. The summed E-state index contributed by atoms with van der Waals surface area (Å²) in [7, 11) is 2.19. The first-order valence-corrected chi connectivity index (χ1v) is 11.5. The van der Waals surface area contributed by atoms with Gasteiger partial charge in [0.2, 0.25) is 0 Å². The van der Waals surface area contributed by atoms with E-state index in [4.69, 9.17) is 0 Å². The lowest BCUT2D eigenvalue weighted by Gasteiger charge is -2.42. The van der Waals surface area contributed by atoms with Gasteiger partial charge in [0, 0.05) is 14.1 Å². The highest BCUT2D eigenvalue weighted by atomic mass is 32.1. The van der Waals surface area contributed by atoms with Crippen LogP contribution in [0, 0.1) is 6.92 Å². The van der Waals surface area contributed by atoms with Gasteiger partial charge in [-0.1, -0.05) is 0 Å². The van der Waals surface area contributed by atoms with E-state index in [0.29, 0.717) is 0 Å². The second-order valence-electron chi connectivity index (χ2n) is 8.50. The van der Waals surface area contributed by atoms with Crippen molar-refractivity contribution in [2.45, 2.75) is 61.7 Å². The second kappa shape index (κ2) is 11.5. The van der Waals surface area contributed by atoms with E-state index in [-0.39, 0.29) is 11.3 Å². The van der Waals surface area contributed by atoms with Crippen molar-refractivity contribution < 1.29 is 89.4 Å². The molecule has 0 unspecified atom stereocenters. The fraction of sp³-hybridized carbons (Fsp3) is 0.650. The predicted octanol–water partition coefficient (Wildman–Crippen LogP) is 6.59. The Bertz CT molecular complexity index is 1250. The summed E-state index contributed by atoms with van der Waals surface area (Å²) in [6.45, 7) is 1.59. The van der Waals surface area contributed by atoms with Crippen molar-refractivity contribution >= 4 is 34.1 Å². The van der Waals surface area contributed by atoms with Crippen LogP contribution in [0.3, 0.4) is 0 Å². The molecule has 0 bridgehead atoms. The SMILES string of the molecule is CCOC(=O)c1c(NC(=O)C(F)(F)C(F)(F)C(F)(F)C(F)(F)C(F)(F)C(F)(F)C(F)(F)C(F)F)sc(C(=O)N(C)C)c1C. The molecule has 2 amide bonds. The number of esters is 1.